The maximum absolute atomic E-state index is 4.82. The van der Waals surface area contributed by atoms with Crippen molar-refractivity contribution in [2.75, 3.05) is 4.90 Å². The lowest BCUT2D eigenvalue weighted by molar-refractivity contribution is 0.364. The minimum atomic E-state index is 0.0706. The van der Waals surface area contributed by atoms with Crippen LogP contribution in [0.5, 0.6) is 0 Å². The Bertz CT molecular complexity index is 485. The molecule has 0 saturated heterocycles. The number of hydrogen-bond donors (Lipinski definition) is 0. The molecule has 23 heavy (non-hydrogen) atoms. The molecule has 1 aromatic rings. The highest BCUT2D eigenvalue weighted by Crippen LogP contribution is 2.33. The fourth-order valence-electron chi connectivity index (χ4n) is 3.45. The van der Waals surface area contributed by atoms with Crippen molar-refractivity contribution in [1.82, 2.24) is 0 Å². The fraction of sp³-hybridized carbons (Fsp3) is 0.667. The van der Waals surface area contributed by atoms with Crippen LogP contribution in [0.2, 0.25) is 0 Å². The Labute approximate surface area is 144 Å². The van der Waals surface area contributed by atoms with Crippen LogP contribution < -0.4 is 4.90 Å². The van der Waals surface area contributed by atoms with E-state index in [-0.39, 0.29) is 5.54 Å². The molecule has 2 heteroatoms. The summed E-state index contributed by atoms with van der Waals surface area (Å²) < 4.78 is 0. The Morgan fingerprint density at radius 1 is 1.17 bits per heavy atom. The van der Waals surface area contributed by atoms with E-state index in [4.69, 9.17) is 4.99 Å². The first-order valence-electron chi connectivity index (χ1n) is 9.19. The van der Waals surface area contributed by atoms with Crippen LogP contribution in [0.25, 0.3) is 0 Å². The number of nitrogens with zero attached hydrogens (tertiary/aromatic N) is 2. The third kappa shape index (κ3) is 5.37. The Morgan fingerprint density at radius 2 is 1.83 bits per heavy atom. The first-order chi connectivity index (χ1) is 10.9. The molecule has 0 heterocycles. The molecular formula is C21H36N2. The maximum atomic E-state index is 4.82. The molecule has 2 unspecified atom stereocenters. The SMILES string of the molecule is C/C=N\C(CC)C(CCCC)N(c1ccccc1C)C(C)(C)C. The van der Waals surface area contributed by atoms with Gasteiger partial charge in [-0.1, -0.05) is 44.9 Å². The van der Waals surface area contributed by atoms with Crippen LogP contribution in [-0.2, 0) is 0 Å². The van der Waals surface area contributed by atoms with Crippen LogP contribution >= 0.6 is 0 Å². The Hall–Kier alpha value is -1.31. The molecule has 0 saturated carbocycles. The first-order valence-corrected chi connectivity index (χ1v) is 9.19. The van der Waals surface area contributed by atoms with E-state index in [0.29, 0.717) is 12.1 Å². The zero-order valence-electron chi connectivity index (χ0n) is 16.3. The molecule has 1 aromatic carbocycles. The lowest BCUT2D eigenvalue weighted by atomic mass is 9.91. The highest BCUT2D eigenvalue weighted by Gasteiger charge is 2.33. The Morgan fingerprint density at radius 3 is 2.30 bits per heavy atom. The van der Waals surface area contributed by atoms with Gasteiger partial charge in [0.15, 0.2) is 0 Å². The predicted octanol–water partition coefficient (Wildman–Crippen LogP) is 6.03. The second-order valence-electron chi connectivity index (χ2n) is 7.42. The number of hydrogen-bond acceptors (Lipinski definition) is 2. The largest absolute Gasteiger partial charge is 0.361 e. The van der Waals surface area contributed by atoms with Crippen molar-refractivity contribution in [2.24, 2.45) is 4.99 Å². The third-order valence-electron chi connectivity index (χ3n) is 4.49. The first kappa shape index (κ1) is 19.7. The van der Waals surface area contributed by atoms with Gasteiger partial charge in [0.05, 0.1) is 12.1 Å². The number of para-hydroxylation sites is 1. The van der Waals surface area contributed by atoms with Crippen molar-refractivity contribution in [1.29, 1.82) is 0 Å². The summed E-state index contributed by atoms with van der Waals surface area (Å²) in [5.41, 5.74) is 2.77. The highest BCUT2D eigenvalue weighted by atomic mass is 15.2. The summed E-state index contributed by atoms with van der Waals surface area (Å²) in [6, 6.07) is 9.56. The van der Waals surface area contributed by atoms with Gasteiger partial charge >= 0.3 is 0 Å². The van der Waals surface area contributed by atoms with Crippen molar-refractivity contribution in [3.05, 3.63) is 29.8 Å². The maximum Gasteiger partial charge on any atom is 0.0696 e. The van der Waals surface area contributed by atoms with Gasteiger partial charge in [-0.2, -0.15) is 0 Å². The summed E-state index contributed by atoms with van der Waals surface area (Å²) in [7, 11) is 0. The van der Waals surface area contributed by atoms with E-state index in [1.807, 2.05) is 13.1 Å². The zero-order valence-corrected chi connectivity index (χ0v) is 16.3. The smallest absolute Gasteiger partial charge is 0.0696 e. The molecule has 0 aromatic heterocycles. The molecule has 0 bridgehead atoms. The Kier molecular flexibility index (Phi) is 7.81. The number of unbranched alkanes of at least 4 members (excludes halogenated alkanes) is 1. The number of benzene rings is 1. The van der Waals surface area contributed by atoms with Gasteiger partial charge < -0.3 is 4.90 Å². The molecule has 0 fully saturated rings. The summed E-state index contributed by atoms with van der Waals surface area (Å²) in [5, 5.41) is 0. The summed E-state index contributed by atoms with van der Waals surface area (Å²) >= 11 is 0. The van der Waals surface area contributed by atoms with Crippen molar-refractivity contribution >= 4 is 11.9 Å². The second-order valence-corrected chi connectivity index (χ2v) is 7.42. The number of rotatable bonds is 8. The standard InChI is InChI=1S/C21H36N2/c1-8-11-15-20(18(9-2)22-10-3)23(21(5,6)7)19-16-13-12-14-17(19)4/h10,12-14,16,18,20H,8-9,11,15H2,1-7H3/b22-10-. The molecule has 2 nitrogen and oxygen atoms in total. The fourth-order valence-corrected chi connectivity index (χ4v) is 3.45. The molecule has 0 N–H and O–H groups in total. The van der Waals surface area contributed by atoms with E-state index < -0.39 is 0 Å². The summed E-state index contributed by atoms with van der Waals surface area (Å²) in [6.45, 7) is 15.7. The van der Waals surface area contributed by atoms with Crippen molar-refractivity contribution < 1.29 is 0 Å². The minimum absolute atomic E-state index is 0.0706. The lowest BCUT2D eigenvalue weighted by Crippen LogP contribution is -2.53. The van der Waals surface area contributed by atoms with Gasteiger partial charge in [-0.15, -0.1) is 0 Å². The van der Waals surface area contributed by atoms with Crippen molar-refractivity contribution in [3.8, 4) is 0 Å². The van der Waals surface area contributed by atoms with Gasteiger partial charge in [0.25, 0.3) is 0 Å². The Balaban J connectivity index is 3.35. The minimum Gasteiger partial charge on any atom is -0.361 e. The quantitative estimate of drug-likeness (QED) is 0.535. The molecule has 130 valence electrons. The molecule has 0 amide bonds. The van der Waals surface area contributed by atoms with Gasteiger partial charge in [-0.25, -0.2) is 0 Å². The molecule has 2 atom stereocenters. The monoisotopic (exact) mass is 316 g/mol. The zero-order chi connectivity index (χ0) is 17.5. The van der Waals surface area contributed by atoms with Crippen molar-refractivity contribution in [2.45, 2.75) is 91.8 Å². The van der Waals surface area contributed by atoms with Crippen LogP contribution in [-0.4, -0.2) is 23.8 Å². The van der Waals surface area contributed by atoms with E-state index >= 15 is 0 Å². The van der Waals surface area contributed by atoms with Gasteiger partial charge in [-0.05, 0) is 65.3 Å². The van der Waals surface area contributed by atoms with Gasteiger partial charge in [-0.3, -0.25) is 4.99 Å². The number of anilines is 1. The van der Waals surface area contributed by atoms with Crippen LogP contribution in [0.4, 0.5) is 5.69 Å². The number of aryl methyl sites for hydroxylation is 1. The average Bonchev–Trinajstić information content (AvgIpc) is 2.49. The van der Waals surface area contributed by atoms with E-state index in [1.165, 1.54) is 30.5 Å². The van der Waals surface area contributed by atoms with Crippen LogP contribution in [0, 0.1) is 6.92 Å². The van der Waals surface area contributed by atoms with E-state index in [0.717, 1.165) is 6.42 Å². The molecular weight excluding hydrogens is 280 g/mol. The van der Waals surface area contributed by atoms with Crippen LogP contribution in [0.3, 0.4) is 0 Å². The van der Waals surface area contributed by atoms with E-state index in [2.05, 4.69) is 70.7 Å². The van der Waals surface area contributed by atoms with E-state index in [9.17, 15) is 0 Å². The topological polar surface area (TPSA) is 15.6 Å². The molecule has 0 aliphatic rings. The summed E-state index contributed by atoms with van der Waals surface area (Å²) in [4.78, 5) is 7.44. The number of aliphatic imine (C=N–C) groups is 1. The second kappa shape index (κ2) is 9.10. The molecule has 0 spiro atoms. The summed E-state index contributed by atoms with van der Waals surface area (Å²) in [5.74, 6) is 0. The van der Waals surface area contributed by atoms with Crippen molar-refractivity contribution in [3.63, 3.8) is 0 Å². The van der Waals surface area contributed by atoms with Crippen LogP contribution in [0.15, 0.2) is 29.3 Å². The van der Waals surface area contributed by atoms with Gasteiger partial charge in [0.2, 0.25) is 0 Å². The third-order valence-corrected chi connectivity index (χ3v) is 4.49. The molecule has 1 rings (SSSR count). The van der Waals surface area contributed by atoms with Gasteiger partial charge in [0.1, 0.15) is 0 Å². The lowest BCUT2D eigenvalue weighted by Gasteiger charge is -2.46. The molecule has 0 aliphatic heterocycles. The molecule has 0 radical (unpaired) electrons. The molecule has 0 aliphatic carbocycles. The van der Waals surface area contributed by atoms with E-state index in [1.54, 1.807) is 0 Å². The summed E-state index contributed by atoms with van der Waals surface area (Å²) in [6.07, 6.45) is 6.73. The highest BCUT2D eigenvalue weighted by molar-refractivity contribution is 5.57. The predicted molar refractivity (Wildman–Crippen MR) is 105 cm³/mol. The van der Waals surface area contributed by atoms with Crippen LogP contribution in [0.1, 0.15) is 72.8 Å². The average molecular weight is 317 g/mol. The normalized spacial score (nSPS) is 14.9. The van der Waals surface area contributed by atoms with Gasteiger partial charge in [0, 0.05) is 11.2 Å².